The van der Waals surface area contributed by atoms with E-state index in [9.17, 15) is 0 Å². The summed E-state index contributed by atoms with van der Waals surface area (Å²) < 4.78 is 71.7. The van der Waals surface area contributed by atoms with E-state index in [2.05, 4.69) is 0 Å². The molecule has 0 saturated heterocycles. The minimum Gasteiger partial charge on any atom is -0.496 e. The second-order valence-corrected chi connectivity index (χ2v) is 16.0. The molecule has 4 aromatic rings. The monoisotopic (exact) mass is 972 g/mol. The Morgan fingerprint density at radius 1 is 0.222 bits per heavy atom. The summed E-state index contributed by atoms with van der Waals surface area (Å²) in [6.07, 6.45) is 15.3. The maximum absolute atomic E-state index is 6.11. The Hall–Kier alpha value is -8.92. The number of benzene rings is 4. The highest BCUT2D eigenvalue weighted by Crippen LogP contribution is 2.50. The van der Waals surface area contributed by atoms with Gasteiger partial charge in [0.25, 0.3) is 0 Å². The SMILES string of the molecule is COc1cc(OC)c(C2=C3C=CC(=N3)C(c3c(OC)cc(OC)cc3OC)=C3C=CC(=N3)C(c3c(OC)cc(OC)cc3OC)=C3C=CC(=N3)C(c3c(OC)cc(OC)cc3OC)=C3C=CC2=N3)c(OC)c1. The molecule has 5 heterocycles. The van der Waals surface area contributed by atoms with E-state index in [4.69, 9.17) is 76.8 Å². The van der Waals surface area contributed by atoms with E-state index < -0.39 is 0 Å². The van der Waals surface area contributed by atoms with Crippen molar-refractivity contribution in [3.05, 3.63) is 142 Å². The molecular formula is C56H52N4O12. The second-order valence-electron chi connectivity index (χ2n) is 16.0. The molecule has 368 valence electrons. The summed E-state index contributed by atoms with van der Waals surface area (Å²) >= 11 is 0. The summed E-state index contributed by atoms with van der Waals surface area (Å²) in [7, 11) is 19.0. The number of rotatable bonds is 16. The van der Waals surface area contributed by atoms with E-state index in [1.807, 2.05) is 48.6 Å². The van der Waals surface area contributed by atoms with Crippen molar-refractivity contribution < 1.29 is 56.8 Å². The molecule has 0 aliphatic carbocycles. The average molecular weight is 973 g/mol. The Balaban J connectivity index is 1.48. The molecule has 0 unspecified atom stereocenters. The first-order valence-electron chi connectivity index (χ1n) is 22.4. The lowest BCUT2D eigenvalue weighted by molar-refractivity contribution is 0.373. The van der Waals surface area contributed by atoms with Gasteiger partial charge in [0.2, 0.25) is 0 Å². The Kier molecular flexibility index (Phi) is 13.5. The van der Waals surface area contributed by atoms with Crippen LogP contribution in [0.25, 0.3) is 22.3 Å². The highest BCUT2D eigenvalue weighted by Gasteiger charge is 2.34. The lowest BCUT2D eigenvalue weighted by atomic mass is 9.96. The summed E-state index contributed by atoms with van der Waals surface area (Å²) in [6, 6.07) is 14.3. The van der Waals surface area contributed by atoms with Gasteiger partial charge in [-0.2, -0.15) is 0 Å². The minimum absolute atomic E-state index is 0.451. The van der Waals surface area contributed by atoms with E-state index in [0.29, 0.717) is 159 Å². The lowest BCUT2D eigenvalue weighted by Crippen LogP contribution is -2.08. The summed E-state index contributed by atoms with van der Waals surface area (Å²) in [5.74, 6) is 5.70. The van der Waals surface area contributed by atoms with Gasteiger partial charge in [0.05, 0.1) is 153 Å². The number of nitrogens with zero attached hydrogens (tertiary/aromatic N) is 4. The first kappa shape index (κ1) is 48.1. The zero-order chi connectivity index (χ0) is 50.8. The van der Waals surface area contributed by atoms with Gasteiger partial charge in [0, 0.05) is 70.8 Å². The summed E-state index contributed by atoms with van der Waals surface area (Å²) in [6.45, 7) is 0. The van der Waals surface area contributed by atoms with Crippen LogP contribution in [0.4, 0.5) is 0 Å². The molecule has 4 aromatic carbocycles. The van der Waals surface area contributed by atoms with Gasteiger partial charge in [-0.15, -0.1) is 0 Å². The van der Waals surface area contributed by atoms with Crippen LogP contribution in [0.2, 0.25) is 0 Å². The van der Waals surface area contributed by atoms with Gasteiger partial charge in [-0.25, -0.2) is 20.0 Å². The number of hydrogen-bond donors (Lipinski definition) is 0. The van der Waals surface area contributed by atoms with Crippen LogP contribution in [0.3, 0.4) is 0 Å². The van der Waals surface area contributed by atoms with Crippen LogP contribution in [-0.4, -0.2) is 108 Å². The third kappa shape index (κ3) is 8.29. The molecule has 16 heteroatoms. The topological polar surface area (TPSA) is 160 Å². The number of hydrogen-bond acceptors (Lipinski definition) is 16. The molecule has 0 fully saturated rings. The van der Waals surface area contributed by atoms with Gasteiger partial charge in [-0.05, 0) is 48.6 Å². The zero-order valence-electron chi connectivity index (χ0n) is 41.9. The predicted octanol–water partition coefficient (Wildman–Crippen LogP) is 9.79. The van der Waals surface area contributed by atoms with Crippen molar-refractivity contribution in [3.8, 4) is 69.0 Å². The third-order valence-electron chi connectivity index (χ3n) is 12.5. The molecule has 0 atom stereocenters. The Bertz CT molecular complexity index is 2780. The van der Waals surface area contributed by atoms with Crippen molar-refractivity contribution in [3.63, 3.8) is 0 Å². The summed E-state index contributed by atoms with van der Waals surface area (Å²) in [4.78, 5) is 21.8. The van der Waals surface area contributed by atoms with Crippen LogP contribution in [0.5, 0.6) is 69.0 Å². The van der Waals surface area contributed by atoms with Gasteiger partial charge < -0.3 is 56.8 Å². The standard InChI is InChI=1S/C56H52N4O12/c1-61-29-21-41(65-5)53(42(22-29)66-6)49-33-13-15-35(57-33)50(54-43(67-7)23-30(62-2)24-44(54)68-8)37-17-19-39(59-37)52(56-47(71-11)27-32(64-4)28-48(56)72-12)40-20-18-38(60-40)51(36-16-14-34(49)58-36)55-45(69-9)25-31(63-3)26-46(55)70-10/h13-28H,1-12H3. The fourth-order valence-corrected chi connectivity index (χ4v) is 9.12. The highest BCUT2D eigenvalue weighted by atomic mass is 16.5. The first-order valence-corrected chi connectivity index (χ1v) is 22.4. The molecule has 0 spiro atoms. The van der Waals surface area contributed by atoms with Gasteiger partial charge in [0.15, 0.2) is 0 Å². The lowest BCUT2D eigenvalue weighted by Gasteiger charge is -2.20. The normalized spacial score (nSPS) is 15.4. The van der Waals surface area contributed by atoms with Gasteiger partial charge in [-0.3, -0.25) is 0 Å². The van der Waals surface area contributed by atoms with Gasteiger partial charge in [-0.1, -0.05) is 0 Å². The highest BCUT2D eigenvalue weighted by molar-refractivity contribution is 6.40. The molecular weight excluding hydrogens is 921 g/mol. The fourth-order valence-electron chi connectivity index (χ4n) is 9.12. The predicted molar refractivity (Wildman–Crippen MR) is 278 cm³/mol. The largest absolute Gasteiger partial charge is 0.496 e. The van der Waals surface area contributed by atoms with Crippen molar-refractivity contribution in [2.45, 2.75) is 0 Å². The van der Waals surface area contributed by atoms with Crippen LogP contribution < -0.4 is 56.8 Å². The summed E-state index contributed by atoms with van der Waals surface area (Å²) in [5.41, 5.74) is 8.79. The van der Waals surface area contributed by atoms with Crippen molar-refractivity contribution in [2.75, 3.05) is 85.3 Å². The number of fused-ring (bicyclic) bond motifs is 4. The number of methoxy groups -OCH3 is 12. The minimum atomic E-state index is 0.451. The molecule has 9 rings (SSSR count). The Morgan fingerprint density at radius 3 is 0.528 bits per heavy atom. The molecule has 0 radical (unpaired) electrons. The maximum Gasteiger partial charge on any atom is 0.134 e. The smallest absolute Gasteiger partial charge is 0.134 e. The second kappa shape index (κ2) is 20.2. The number of ether oxygens (including phenoxy) is 12. The van der Waals surface area contributed by atoms with Crippen LogP contribution in [0.1, 0.15) is 22.3 Å². The van der Waals surface area contributed by atoms with Crippen LogP contribution >= 0.6 is 0 Å². The Labute approximate surface area is 417 Å². The van der Waals surface area contributed by atoms with E-state index in [0.717, 1.165) is 0 Å². The van der Waals surface area contributed by atoms with Crippen LogP contribution in [0, 0.1) is 0 Å². The maximum atomic E-state index is 6.11. The average Bonchev–Trinajstić information content (AvgIpc) is 4.29. The van der Waals surface area contributed by atoms with E-state index in [1.54, 1.807) is 134 Å². The third-order valence-corrected chi connectivity index (χ3v) is 12.5. The zero-order valence-corrected chi connectivity index (χ0v) is 41.9. The van der Waals surface area contributed by atoms with E-state index >= 15 is 0 Å². The quantitative estimate of drug-likeness (QED) is 0.105. The number of aliphatic imine (C=N–C) groups is 4. The van der Waals surface area contributed by atoms with Crippen molar-refractivity contribution in [1.82, 2.24) is 0 Å². The van der Waals surface area contributed by atoms with Gasteiger partial charge >= 0.3 is 0 Å². The fraction of sp³-hybridized carbons (Fsp3) is 0.214. The first-order chi connectivity index (χ1) is 35.1. The van der Waals surface area contributed by atoms with Gasteiger partial charge in [0.1, 0.15) is 69.0 Å². The molecule has 0 saturated carbocycles. The van der Waals surface area contributed by atoms with Crippen molar-refractivity contribution in [1.29, 1.82) is 0 Å². The molecule has 72 heavy (non-hydrogen) atoms. The molecule has 0 aromatic heterocycles. The van der Waals surface area contributed by atoms with Crippen LogP contribution in [-0.2, 0) is 0 Å². The van der Waals surface area contributed by atoms with Crippen molar-refractivity contribution >= 4 is 45.1 Å². The van der Waals surface area contributed by atoms with Crippen LogP contribution in [0.15, 0.2) is 140 Å². The molecule has 5 aliphatic heterocycles. The van der Waals surface area contributed by atoms with E-state index in [-0.39, 0.29) is 0 Å². The van der Waals surface area contributed by atoms with Crippen molar-refractivity contribution in [2.24, 2.45) is 20.0 Å². The number of allylic oxidation sites excluding steroid dienone is 12. The molecule has 8 bridgehead atoms. The van der Waals surface area contributed by atoms with E-state index in [1.165, 1.54) is 0 Å². The molecule has 0 N–H and O–H groups in total. The molecule has 16 nitrogen and oxygen atoms in total. The Morgan fingerprint density at radius 2 is 0.389 bits per heavy atom. The molecule has 5 aliphatic rings. The molecule has 0 amide bonds. The summed E-state index contributed by atoms with van der Waals surface area (Å²) in [5, 5.41) is 0.